The molecule has 26 heavy (non-hydrogen) atoms. The van der Waals surface area contributed by atoms with E-state index >= 15 is 0 Å². The third-order valence-electron chi connectivity index (χ3n) is 5.53. The van der Waals surface area contributed by atoms with Crippen LogP contribution in [0.25, 0.3) is 0 Å². The molecule has 0 heterocycles. The van der Waals surface area contributed by atoms with Crippen LogP contribution in [-0.4, -0.2) is 13.8 Å². The molecule has 0 amide bonds. The van der Waals surface area contributed by atoms with Crippen molar-refractivity contribution in [3.05, 3.63) is 84.0 Å². The first-order valence-corrected chi connectivity index (χ1v) is 11.5. The Hall–Kier alpha value is -1.90. The predicted octanol–water partition coefficient (Wildman–Crippen LogP) is 4.80. The SMILES string of the molecule is CC1=CC(C)([Si](NC(C)(C)C)(c2ccccc2)c2ccccc2)C(C)=C1. The first-order valence-electron chi connectivity index (χ1n) is 9.48. The molecule has 2 aromatic carbocycles. The highest BCUT2D eigenvalue weighted by Gasteiger charge is 2.55. The Morgan fingerprint density at radius 3 is 1.62 bits per heavy atom. The lowest BCUT2D eigenvalue weighted by atomic mass is 10.1. The molecule has 0 bridgehead atoms. The number of hydrogen-bond donors (Lipinski definition) is 1. The predicted molar refractivity (Wildman–Crippen MR) is 117 cm³/mol. The van der Waals surface area contributed by atoms with Gasteiger partial charge in [0, 0.05) is 10.6 Å². The molecule has 1 nitrogen and oxygen atoms in total. The average molecular weight is 362 g/mol. The minimum Gasteiger partial charge on any atom is -0.325 e. The molecule has 1 unspecified atom stereocenters. The molecule has 1 aliphatic carbocycles. The van der Waals surface area contributed by atoms with Gasteiger partial charge in [-0.1, -0.05) is 90.9 Å². The molecule has 136 valence electrons. The Bertz CT molecular complexity index is 788. The van der Waals surface area contributed by atoms with Crippen LogP contribution in [0.15, 0.2) is 84.0 Å². The van der Waals surface area contributed by atoms with Gasteiger partial charge >= 0.3 is 0 Å². The lowest BCUT2D eigenvalue weighted by Crippen LogP contribution is -2.77. The Morgan fingerprint density at radius 2 is 1.27 bits per heavy atom. The minimum atomic E-state index is -2.37. The van der Waals surface area contributed by atoms with E-state index in [2.05, 4.69) is 119 Å². The van der Waals surface area contributed by atoms with Crippen molar-refractivity contribution in [2.24, 2.45) is 0 Å². The number of nitrogens with one attached hydrogen (secondary N) is 1. The smallest absolute Gasteiger partial charge is 0.204 e. The van der Waals surface area contributed by atoms with Gasteiger partial charge in [-0.3, -0.25) is 0 Å². The van der Waals surface area contributed by atoms with E-state index in [0.717, 1.165) is 0 Å². The van der Waals surface area contributed by atoms with Crippen molar-refractivity contribution in [1.82, 2.24) is 4.98 Å². The molecule has 2 aromatic rings. The van der Waals surface area contributed by atoms with Crippen molar-refractivity contribution in [1.29, 1.82) is 0 Å². The van der Waals surface area contributed by atoms with E-state index in [4.69, 9.17) is 0 Å². The lowest BCUT2D eigenvalue weighted by molar-refractivity contribution is 0.507. The fourth-order valence-corrected chi connectivity index (χ4v) is 10.2. The van der Waals surface area contributed by atoms with E-state index in [0.29, 0.717) is 0 Å². The Balaban J connectivity index is 2.39. The fourth-order valence-electron chi connectivity index (χ4n) is 4.49. The van der Waals surface area contributed by atoms with Gasteiger partial charge in [0.15, 0.2) is 0 Å². The van der Waals surface area contributed by atoms with E-state index in [-0.39, 0.29) is 10.6 Å². The molecule has 3 rings (SSSR count). The summed E-state index contributed by atoms with van der Waals surface area (Å²) in [5, 5.41) is 2.84. The van der Waals surface area contributed by atoms with Crippen LogP contribution >= 0.6 is 0 Å². The van der Waals surface area contributed by atoms with E-state index in [9.17, 15) is 0 Å². The van der Waals surface area contributed by atoms with Crippen LogP contribution in [0.4, 0.5) is 0 Å². The summed E-state index contributed by atoms with van der Waals surface area (Å²) in [6, 6.07) is 22.2. The maximum absolute atomic E-state index is 4.19. The molecule has 1 N–H and O–H groups in total. The van der Waals surface area contributed by atoms with Gasteiger partial charge < -0.3 is 4.98 Å². The summed E-state index contributed by atoms with van der Waals surface area (Å²) in [7, 11) is -2.37. The van der Waals surface area contributed by atoms with Gasteiger partial charge in [-0.2, -0.15) is 0 Å². The Morgan fingerprint density at radius 1 is 0.808 bits per heavy atom. The number of hydrogen-bond acceptors (Lipinski definition) is 1. The average Bonchev–Trinajstić information content (AvgIpc) is 2.86. The van der Waals surface area contributed by atoms with Gasteiger partial charge in [0.25, 0.3) is 0 Å². The second-order valence-electron chi connectivity index (χ2n) is 8.78. The van der Waals surface area contributed by atoms with Crippen molar-refractivity contribution in [3.63, 3.8) is 0 Å². The minimum absolute atomic E-state index is 0.00549. The van der Waals surface area contributed by atoms with Gasteiger partial charge in [-0.05, 0) is 45.0 Å². The largest absolute Gasteiger partial charge is 0.325 e. The van der Waals surface area contributed by atoms with Crippen molar-refractivity contribution in [3.8, 4) is 0 Å². The maximum atomic E-state index is 4.19. The van der Waals surface area contributed by atoms with Gasteiger partial charge in [0.2, 0.25) is 8.24 Å². The second kappa shape index (κ2) is 6.68. The first-order chi connectivity index (χ1) is 12.2. The van der Waals surface area contributed by atoms with E-state index in [1.165, 1.54) is 21.5 Å². The highest BCUT2D eigenvalue weighted by molar-refractivity contribution is 7.03. The summed E-state index contributed by atoms with van der Waals surface area (Å²) in [5.41, 5.74) is 2.82. The molecule has 1 aliphatic rings. The summed E-state index contributed by atoms with van der Waals surface area (Å²) < 4.78 is 0. The van der Waals surface area contributed by atoms with E-state index < -0.39 is 8.24 Å². The molecule has 0 aliphatic heterocycles. The van der Waals surface area contributed by atoms with Gasteiger partial charge in [0.1, 0.15) is 0 Å². The van der Waals surface area contributed by atoms with E-state index in [1.807, 2.05) is 0 Å². The fraction of sp³-hybridized carbons (Fsp3) is 0.333. The summed E-state index contributed by atoms with van der Waals surface area (Å²) >= 11 is 0. The Labute approximate surface area is 159 Å². The monoisotopic (exact) mass is 361 g/mol. The van der Waals surface area contributed by atoms with E-state index in [1.54, 1.807) is 0 Å². The third kappa shape index (κ3) is 3.13. The highest BCUT2D eigenvalue weighted by Crippen LogP contribution is 2.49. The quantitative estimate of drug-likeness (QED) is 0.771. The lowest BCUT2D eigenvalue weighted by Gasteiger charge is -2.50. The molecule has 1 atom stereocenters. The third-order valence-corrected chi connectivity index (χ3v) is 11.2. The van der Waals surface area contributed by atoms with Crippen LogP contribution in [0, 0.1) is 0 Å². The summed E-state index contributed by atoms with van der Waals surface area (Å²) in [6.07, 6.45) is 4.85. The Kier molecular flexibility index (Phi) is 4.85. The molecular weight excluding hydrogens is 330 g/mol. The zero-order valence-corrected chi connectivity index (χ0v) is 17.9. The van der Waals surface area contributed by atoms with Crippen molar-refractivity contribution >= 4 is 18.6 Å². The summed E-state index contributed by atoms with van der Waals surface area (Å²) in [4.78, 5) is 4.19. The topological polar surface area (TPSA) is 12.0 Å². The van der Waals surface area contributed by atoms with Crippen molar-refractivity contribution in [2.45, 2.75) is 52.1 Å². The standard InChI is InChI=1S/C24H31NSi/c1-19-17-20(2)24(6,18-19)26(25-23(3,4)5,21-13-9-7-10-14-21)22-15-11-8-12-16-22/h7-18,25H,1-6H3. The van der Waals surface area contributed by atoms with Crippen LogP contribution in [0.1, 0.15) is 41.5 Å². The second-order valence-corrected chi connectivity index (χ2v) is 12.7. The van der Waals surface area contributed by atoms with Crippen LogP contribution < -0.4 is 15.4 Å². The highest BCUT2D eigenvalue weighted by atomic mass is 28.3. The van der Waals surface area contributed by atoms with Crippen molar-refractivity contribution < 1.29 is 0 Å². The van der Waals surface area contributed by atoms with Crippen molar-refractivity contribution in [2.75, 3.05) is 0 Å². The normalized spacial score (nSPS) is 20.7. The molecule has 0 saturated carbocycles. The number of allylic oxidation sites excluding steroid dienone is 4. The van der Waals surface area contributed by atoms with Crippen LogP contribution in [0.2, 0.25) is 5.04 Å². The van der Waals surface area contributed by atoms with Crippen LogP contribution in [0.5, 0.6) is 0 Å². The first kappa shape index (κ1) is 18.9. The summed E-state index contributed by atoms with van der Waals surface area (Å²) in [5.74, 6) is 0. The van der Waals surface area contributed by atoms with Gasteiger partial charge in [0.05, 0.1) is 0 Å². The molecule has 0 aromatic heterocycles. The molecule has 0 fully saturated rings. The number of rotatable bonds is 4. The molecular formula is C24H31NSi. The van der Waals surface area contributed by atoms with Crippen LogP contribution in [0.3, 0.4) is 0 Å². The summed E-state index contributed by atoms with van der Waals surface area (Å²) in [6.45, 7) is 13.8. The van der Waals surface area contributed by atoms with Gasteiger partial charge in [-0.25, -0.2) is 0 Å². The zero-order chi connectivity index (χ0) is 19.0. The molecule has 0 saturated heterocycles. The molecule has 0 spiro atoms. The van der Waals surface area contributed by atoms with Gasteiger partial charge in [-0.15, -0.1) is 0 Å². The molecule has 0 radical (unpaired) electrons. The number of benzene rings is 2. The zero-order valence-electron chi connectivity index (χ0n) is 16.9. The maximum Gasteiger partial charge on any atom is 0.204 e. The van der Waals surface area contributed by atoms with Crippen LogP contribution in [-0.2, 0) is 0 Å². The molecule has 2 heteroatoms.